The van der Waals surface area contributed by atoms with Crippen molar-refractivity contribution in [2.24, 2.45) is 0 Å². The lowest BCUT2D eigenvalue weighted by Gasteiger charge is -2.11. The van der Waals surface area contributed by atoms with Gasteiger partial charge >= 0.3 is 5.69 Å². The fraction of sp³-hybridized carbons (Fsp3) is 0.200. The molecule has 1 amide bonds. The van der Waals surface area contributed by atoms with E-state index in [-0.39, 0.29) is 29.7 Å². The Morgan fingerprint density at radius 1 is 1.26 bits per heavy atom. The lowest BCUT2D eigenvalue weighted by atomic mass is 10.2. The molecule has 0 aliphatic rings. The monoisotopic (exact) mass is 316 g/mol. The van der Waals surface area contributed by atoms with Crippen molar-refractivity contribution in [3.05, 3.63) is 57.8 Å². The van der Waals surface area contributed by atoms with E-state index in [0.717, 1.165) is 5.56 Å². The first-order chi connectivity index (χ1) is 10.9. The van der Waals surface area contributed by atoms with Crippen molar-refractivity contribution in [2.45, 2.75) is 6.61 Å². The molecule has 0 saturated carbocycles. The summed E-state index contributed by atoms with van der Waals surface area (Å²) in [4.78, 5) is 27.9. The lowest BCUT2D eigenvalue weighted by Crippen LogP contribution is -2.23. The Morgan fingerprint density at radius 2 is 1.91 bits per heavy atom. The third kappa shape index (κ3) is 3.80. The van der Waals surface area contributed by atoms with Gasteiger partial charge in [-0.3, -0.25) is 14.9 Å². The van der Waals surface area contributed by atoms with Gasteiger partial charge in [0, 0.05) is 25.8 Å². The van der Waals surface area contributed by atoms with Crippen molar-refractivity contribution in [3.63, 3.8) is 0 Å². The Bertz CT molecular complexity index is 729. The highest BCUT2D eigenvalue weighted by Gasteiger charge is 2.19. The number of nitro groups is 1. The first-order valence-corrected chi connectivity index (χ1v) is 6.76. The summed E-state index contributed by atoms with van der Waals surface area (Å²) in [6, 6.07) is 9.26. The van der Waals surface area contributed by atoms with Crippen molar-refractivity contribution in [1.29, 1.82) is 0 Å². The van der Waals surface area contributed by atoms with Crippen LogP contribution in [0.5, 0.6) is 0 Å². The molecule has 0 aliphatic heterocycles. The topological polar surface area (TPSA) is 109 Å². The van der Waals surface area contributed by atoms with Gasteiger partial charge in [0.1, 0.15) is 5.69 Å². The van der Waals surface area contributed by atoms with Gasteiger partial charge in [-0.1, -0.05) is 12.1 Å². The smallest absolute Gasteiger partial charge is 0.311 e. The summed E-state index contributed by atoms with van der Waals surface area (Å²) >= 11 is 0. The standard InChI is InChI=1S/C15H16N4O4/c1-18(2)15(21)12-7-8-13(19(22)23)14(17-12)16-11-5-3-10(9-20)4-6-11/h3-8,20H,9H2,1-2H3,(H,16,17). The lowest BCUT2D eigenvalue weighted by molar-refractivity contribution is -0.384. The van der Waals surface area contributed by atoms with E-state index in [4.69, 9.17) is 5.11 Å². The number of anilines is 2. The SMILES string of the molecule is CN(C)C(=O)c1ccc([N+](=O)[O-])c(Nc2ccc(CO)cc2)n1. The van der Waals surface area contributed by atoms with Crippen LogP contribution in [-0.2, 0) is 6.61 Å². The van der Waals surface area contributed by atoms with Crippen LogP contribution in [0.1, 0.15) is 16.1 Å². The van der Waals surface area contributed by atoms with Gasteiger partial charge in [0.25, 0.3) is 5.91 Å². The minimum atomic E-state index is -0.568. The van der Waals surface area contributed by atoms with Gasteiger partial charge in [-0.25, -0.2) is 4.98 Å². The molecule has 0 spiro atoms. The average Bonchev–Trinajstić information content (AvgIpc) is 2.54. The van der Waals surface area contributed by atoms with Crippen molar-refractivity contribution < 1.29 is 14.8 Å². The predicted molar refractivity (Wildman–Crippen MR) is 84.6 cm³/mol. The number of amides is 1. The Hall–Kier alpha value is -3.00. The van der Waals surface area contributed by atoms with E-state index in [9.17, 15) is 14.9 Å². The molecule has 8 nitrogen and oxygen atoms in total. The molecular formula is C15H16N4O4. The molecule has 1 aromatic carbocycles. The number of pyridine rings is 1. The van der Waals surface area contributed by atoms with Crippen LogP contribution in [-0.4, -0.2) is 39.9 Å². The molecule has 2 aromatic rings. The van der Waals surface area contributed by atoms with Crippen LogP contribution in [0.15, 0.2) is 36.4 Å². The van der Waals surface area contributed by atoms with E-state index in [2.05, 4.69) is 10.3 Å². The maximum atomic E-state index is 12.0. The zero-order chi connectivity index (χ0) is 17.0. The number of aromatic nitrogens is 1. The number of aliphatic hydroxyl groups excluding tert-OH is 1. The van der Waals surface area contributed by atoms with Gasteiger partial charge in [-0.2, -0.15) is 0 Å². The molecular weight excluding hydrogens is 300 g/mol. The normalized spacial score (nSPS) is 10.2. The van der Waals surface area contributed by atoms with Crippen LogP contribution in [0, 0.1) is 10.1 Å². The average molecular weight is 316 g/mol. The second-order valence-electron chi connectivity index (χ2n) is 5.00. The Labute approximate surface area is 132 Å². The third-order valence-electron chi connectivity index (χ3n) is 3.10. The molecule has 0 unspecified atom stereocenters. The highest BCUT2D eigenvalue weighted by molar-refractivity contribution is 5.93. The van der Waals surface area contributed by atoms with Crippen LogP contribution in [0.2, 0.25) is 0 Å². The van der Waals surface area contributed by atoms with Crippen LogP contribution < -0.4 is 5.32 Å². The molecule has 2 rings (SSSR count). The van der Waals surface area contributed by atoms with Crippen LogP contribution >= 0.6 is 0 Å². The number of hydrogen-bond acceptors (Lipinski definition) is 6. The van der Waals surface area contributed by atoms with Crippen molar-refractivity contribution >= 4 is 23.1 Å². The summed E-state index contributed by atoms with van der Waals surface area (Å²) in [7, 11) is 3.15. The molecule has 0 fully saturated rings. The largest absolute Gasteiger partial charge is 0.392 e. The van der Waals surface area contributed by atoms with Crippen LogP contribution in [0.3, 0.4) is 0 Å². The molecule has 0 aliphatic carbocycles. The van der Waals surface area contributed by atoms with Crippen molar-refractivity contribution in [1.82, 2.24) is 9.88 Å². The highest BCUT2D eigenvalue weighted by atomic mass is 16.6. The van der Waals surface area contributed by atoms with E-state index < -0.39 is 4.92 Å². The third-order valence-corrected chi connectivity index (χ3v) is 3.10. The van der Waals surface area contributed by atoms with Crippen molar-refractivity contribution in [3.8, 4) is 0 Å². The number of nitrogens with zero attached hydrogens (tertiary/aromatic N) is 3. The van der Waals surface area contributed by atoms with Crippen molar-refractivity contribution in [2.75, 3.05) is 19.4 Å². The van der Waals surface area contributed by atoms with Gasteiger partial charge in [0.05, 0.1) is 11.5 Å². The summed E-state index contributed by atoms with van der Waals surface area (Å²) in [5.41, 5.74) is 1.16. The molecule has 23 heavy (non-hydrogen) atoms. The maximum absolute atomic E-state index is 12.0. The fourth-order valence-corrected chi connectivity index (χ4v) is 1.87. The van der Waals surface area contributed by atoms with E-state index in [1.165, 1.54) is 17.0 Å². The summed E-state index contributed by atoms with van der Waals surface area (Å²) in [6.07, 6.45) is 0. The minimum Gasteiger partial charge on any atom is -0.392 e. The highest BCUT2D eigenvalue weighted by Crippen LogP contribution is 2.26. The molecule has 2 N–H and O–H groups in total. The fourth-order valence-electron chi connectivity index (χ4n) is 1.87. The molecule has 8 heteroatoms. The molecule has 1 aromatic heterocycles. The zero-order valence-corrected chi connectivity index (χ0v) is 12.7. The van der Waals surface area contributed by atoms with Gasteiger partial charge in [-0.15, -0.1) is 0 Å². The molecule has 0 saturated heterocycles. The number of carbonyl (C=O) groups excluding carboxylic acids is 1. The first-order valence-electron chi connectivity index (χ1n) is 6.76. The maximum Gasteiger partial charge on any atom is 0.311 e. The van der Waals surface area contributed by atoms with Gasteiger partial charge in [-0.05, 0) is 23.8 Å². The molecule has 1 heterocycles. The van der Waals surface area contributed by atoms with E-state index in [1.807, 2.05) is 0 Å². The van der Waals surface area contributed by atoms with Crippen LogP contribution in [0.4, 0.5) is 17.2 Å². The molecule has 0 bridgehead atoms. The first kappa shape index (κ1) is 16.4. The van der Waals surface area contributed by atoms with Gasteiger partial charge < -0.3 is 15.3 Å². The molecule has 0 atom stereocenters. The van der Waals surface area contributed by atoms with E-state index >= 15 is 0 Å². The Balaban J connectivity index is 2.38. The van der Waals surface area contributed by atoms with Gasteiger partial charge in [0.15, 0.2) is 0 Å². The van der Waals surface area contributed by atoms with E-state index in [1.54, 1.807) is 38.4 Å². The summed E-state index contributed by atoms with van der Waals surface area (Å²) in [5, 5.41) is 23.0. The minimum absolute atomic E-state index is 0.0144. The summed E-state index contributed by atoms with van der Waals surface area (Å²) < 4.78 is 0. The van der Waals surface area contributed by atoms with Crippen LogP contribution in [0.25, 0.3) is 0 Å². The summed E-state index contributed by atoms with van der Waals surface area (Å²) in [5.74, 6) is -0.363. The number of benzene rings is 1. The predicted octanol–water partition coefficient (Wildman–Crippen LogP) is 1.93. The number of carbonyl (C=O) groups is 1. The molecule has 0 radical (unpaired) electrons. The number of rotatable bonds is 5. The second-order valence-corrected chi connectivity index (χ2v) is 5.00. The Morgan fingerprint density at radius 3 is 2.43 bits per heavy atom. The number of nitrogens with one attached hydrogen (secondary N) is 1. The van der Waals surface area contributed by atoms with Gasteiger partial charge in [0.2, 0.25) is 5.82 Å². The number of hydrogen-bond donors (Lipinski definition) is 2. The van der Waals surface area contributed by atoms with E-state index in [0.29, 0.717) is 5.69 Å². The summed E-state index contributed by atoms with van der Waals surface area (Å²) in [6.45, 7) is -0.0918. The second kappa shape index (κ2) is 6.84. The number of aliphatic hydroxyl groups is 1. The quantitative estimate of drug-likeness (QED) is 0.644. The Kier molecular flexibility index (Phi) is 4.87. The zero-order valence-electron chi connectivity index (χ0n) is 12.7. The molecule has 120 valence electrons.